The zero-order chi connectivity index (χ0) is 19.4. The van der Waals surface area contributed by atoms with E-state index >= 15 is 0 Å². The number of phenols is 1. The quantitative estimate of drug-likeness (QED) is 0.502. The van der Waals surface area contributed by atoms with Gasteiger partial charge in [0, 0.05) is 5.56 Å². The summed E-state index contributed by atoms with van der Waals surface area (Å²) in [6, 6.07) is 15.3. The van der Waals surface area contributed by atoms with Gasteiger partial charge in [0.2, 0.25) is 5.75 Å². The number of ether oxygens (including phenoxy) is 2. The van der Waals surface area contributed by atoms with Crippen molar-refractivity contribution in [3.63, 3.8) is 0 Å². The molecule has 0 heterocycles. The first kappa shape index (κ1) is 18.5. The molecule has 0 aliphatic heterocycles. The van der Waals surface area contributed by atoms with E-state index in [4.69, 9.17) is 9.47 Å². The van der Waals surface area contributed by atoms with Gasteiger partial charge in [-0.25, -0.2) is 4.83 Å². The van der Waals surface area contributed by atoms with Crippen LogP contribution in [0.3, 0.4) is 0 Å². The van der Waals surface area contributed by atoms with Gasteiger partial charge in [-0.2, -0.15) is 13.5 Å². The predicted octanol–water partition coefficient (Wildman–Crippen LogP) is 2.88. The highest BCUT2D eigenvalue weighted by molar-refractivity contribution is 7.89. The lowest BCUT2D eigenvalue weighted by molar-refractivity contribution is 0.340. The minimum Gasteiger partial charge on any atom is -0.502 e. The van der Waals surface area contributed by atoms with Crippen molar-refractivity contribution < 1.29 is 23.0 Å². The molecule has 0 aromatic heterocycles. The minimum atomic E-state index is -3.82. The monoisotopic (exact) mass is 386 g/mol. The molecule has 8 heteroatoms. The first-order valence-electron chi connectivity index (χ1n) is 7.93. The van der Waals surface area contributed by atoms with Crippen LogP contribution in [-0.4, -0.2) is 34.0 Å². The van der Waals surface area contributed by atoms with Crippen molar-refractivity contribution in [2.24, 2.45) is 5.10 Å². The summed E-state index contributed by atoms with van der Waals surface area (Å²) in [5, 5.41) is 15.5. The number of hydrogen-bond donors (Lipinski definition) is 2. The molecule has 2 N–H and O–H groups in total. The third-order valence-electron chi connectivity index (χ3n) is 3.92. The summed E-state index contributed by atoms with van der Waals surface area (Å²) < 4.78 is 35.0. The molecule has 3 aromatic rings. The van der Waals surface area contributed by atoms with Gasteiger partial charge in [-0.15, -0.1) is 0 Å². The molecule has 3 rings (SSSR count). The summed E-state index contributed by atoms with van der Waals surface area (Å²) in [5.41, 5.74) is 0.489. The molecule has 7 nitrogen and oxygen atoms in total. The Kier molecular flexibility index (Phi) is 5.18. The average molecular weight is 386 g/mol. The molecule has 0 spiro atoms. The van der Waals surface area contributed by atoms with E-state index in [-0.39, 0.29) is 22.1 Å². The van der Waals surface area contributed by atoms with Crippen LogP contribution in [-0.2, 0) is 10.0 Å². The Morgan fingerprint density at radius 1 is 0.963 bits per heavy atom. The first-order valence-corrected chi connectivity index (χ1v) is 9.41. The Morgan fingerprint density at radius 2 is 1.59 bits per heavy atom. The second kappa shape index (κ2) is 7.55. The van der Waals surface area contributed by atoms with Crippen molar-refractivity contribution in [3.8, 4) is 17.2 Å². The maximum Gasteiger partial charge on any atom is 0.276 e. The fraction of sp³-hybridized carbons (Fsp3) is 0.105. The summed E-state index contributed by atoms with van der Waals surface area (Å²) in [7, 11) is -1.02. The van der Waals surface area contributed by atoms with E-state index in [9.17, 15) is 13.5 Å². The zero-order valence-electron chi connectivity index (χ0n) is 14.7. The molecule has 27 heavy (non-hydrogen) atoms. The smallest absolute Gasteiger partial charge is 0.276 e. The molecule has 0 fully saturated rings. The SMILES string of the molecule is COc1cc(C=NNS(=O)(=O)c2ccc3ccccc3c2)cc(OC)c1O. The second-order valence-electron chi connectivity index (χ2n) is 5.64. The lowest BCUT2D eigenvalue weighted by Gasteiger charge is -2.09. The lowest BCUT2D eigenvalue weighted by atomic mass is 10.1. The van der Waals surface area contributed by atoms with E-state index in [0.717, 1.165) is 10.8 Å². The normalized spacial score (nSPS) is 11.6. The molecule has 3 aromatic carbocycles. The number of sulfonamides is 1. The van der Waals surface area contributed by atoms with Crippen LogP contribution in [0.5, 0.6) is 17.2 Å². The van der Waals surface area contributed by atoms with E-state index < -0.39 is 10.0 Å². The maximum atomic E-state index is 12.5. The highest BCUT2D eigenvalue weighted by Gasteiger charge is 2.14. The number of hydrogen-bond acceptors (Lipinski definition) is 6. The fourth-order valence-corrected chi connectivity index (χ4v) is 3.37. The van der Waals surface area contributed by atoms with Crippen molar-refractivity contribution in [1.29, 1.82) is 0 Å². The van der Waals surface area contributed by atoms with E-state index in [1.807, 2.05) is 24.3 Å². The van der Waals surface area contributed by atoms with Gasteiger partial charge in [0.25, 0.3) is 10.0 Å². The van der Waals surface area contributed by atoms with E-state index in [0.29, 0.717) is 5.56 Å². The first-order chi connectivity index (χ1) is 12.9. The molecule has 0 atom stereocenters. The van der Waals surface area contributed by atoms with Crippen LogP contribution in [0, 0.1) is 0 Å². The van der Waals surface area contributed by atoms with Crippen molar-refractivity contribution in [1.82, 2.24) is 4.83 Å². The van der Waals surface area contributed by atoms with Crippen LogP contribution in [0.4, 0.5) is 0 Å². The molecular weight excluding hydrogens is 368 g/mol. The largest absolute Gasteiger partial charge is 0.502 e. The van der Waals surface area contributed by atoms with Crippen LogP contribution in [0.25, 0.3) is 10.8 Å². The van der Waals surface area contributed by atoms with Gasteiger partial charge in [0.15, 0.2) is 11.5 Å². The summed E-state index contributed by atoms with van der Waals surface area (Å²) >= 11 is 0. The summed E-state index contributed by atoms with van der Waals surface area (Å²) in [6.07, 6.45) is 1.29. The van der Waals surface area contributed by atoms with Crippen LogP contribution >= 0.6 is 0 Å². The average Bonchev–Trinajstić information content (AvgIpc) is 2.68. The van der Waals surface area contributed by atoms with Crippen molar-refractivity contribution in [3.05, 3.63) is 60.2 Å². The highest BCUT2D eigenvalue weighted by Crippen LogP contribution is 2.36. The van der Waals surface area contributed by atoms with Crippen molar-refractivity contribution >= 4 is 27.0 Å². The van der Waals surface area contributed by atoms with Gasteiger partial charge < -0.3 is 14.6 Å². The molecule has 0 amide bonds. The minimum absolute atomic E-state index is 0.110. The van der Waals surface area contributed by atoms with Gasteiger partial charge in [-0.3, -0.25) is 0 Å². The van der Waals surface area contributed by atoms with E-state index in [1.165, 1.54) is 38.6 Å². The number of phenolic OH excluding ortho intramolecular Hbond substituents is 1. The summed E-state index contributed by atoms with van der Waals surface area (Å²) in [5.74, 6) is 0.232. The van der Waals surface area contributed by atoms with Gasteiger partial charge in [-0.05, 0) is 35.0 Å². The summed E-state index contributed by atoms with van der Waals surface area (Å²) in [6.45, 7) is 0. The number of rotatable bonds is 6. The van der Waals surface area contributed by atoms with Gasteiger partial charge >= 0.3 is 0 Å². The van der Waals surface area contributed by atoms with Gasteiger partial charge in [0.05, 0.1) is 25.3 Å². The van der Waals surface area contributed by atoms with Crippen LogP contribution in [0.1, 0.15) is 5.56 Å². The van der Waals surface area contributed by atoms with E-state index in [1.54, 1.807) is 12.1 Å². The number of methoxy groups -OCH3 is 2. The van der Waals surface area contributed by atoms with Gasteiger partial charge in [0.1, 0.15) is 0 Å². The Labute approximate surface area is 156 Å². The van der Waals surface area contributed by atoms with Crippen molar-refractivity contribution in [2.45, 2.75) is 4.90 Å². The van der Waals surface area contributed by atoms with Crippen LogP contribution in [0.15, 0.2) is 64.6 Å². The van der Waals surface area contributed by atoms with Crippen LogP contribution in [0.2, 0.25) is 0 Å². The lowest BCUT2D eigenvalue weighted by Crippen LogP contribution is -2.18. The van der Waals surface area contributed by atoms with E-state index in [2.05, 4.69) is 9.93 Å². The molecular formula is C19H18N2O5S. The number of aromatic hydroxyl groups is 1. The molecule has 0 bridgehead atoms. The Morgan fingerprint density at radius 3 is 2.22 bits per heavy atom. The second-order valence-corrected chi connectivity index (χ2v) is 7.30. The third-order valence-corrected chi connectivity index (χ3v) is 5.14. The molecule has 0 saturated carbocycles. The Hall–Kier alpha value is -3.26. The highest BCUT2D eigenvalue weighted by atomic mass is 32.2. The molecule has 140 valence electrons. The molecule has 0 saturated heterocycles. The molecule has 0 radical (unpaired) electrons. The standard InChI is InChI=1S/C19H18N2O5S/c1-25-17-9-13(10-18(26-2)19(17)22)12-20-21-27(23,24)16-8-7-14-5-3-4-6-15(14)11-16/h3-12,21-22H,1-2H3. The zero-order valence-corrected chi connectivity index (χ0v) is 15.5. The Balaban J connectivity index is 1.84. The number of fused-ring (bicyclic) bond motifs is 1. The van der Waals surface area contributed by atoms with Gasteiger partial charge in [-0.1, -0.05) is 30.3 Å². The molecule has 0 unspecified atom stereocenters. The fourth-order valence-electron chi connectivity index (χ4n) is 2.55. The van der Waals surface area contributed by atoms with Crippen molar-refractivity contribution in [2.75, 3.05) is 14.2 Å². The third kappa shape index (κ3) is 3.95. The predicted molar refractivity (Wildman–Crippen MR) is 103 cm³/mol. The number of benzene rings is 3. The number of nitrogens with one attached hydrogen (secondary N) is 1. The number of hydrazone groups is 1. The number of nitrogens with zero attached hydrogens (tertiary/aromatic N) is 1. The molecule has 0 aliphatic carbocycles. The summed E-state index contributed by atoms with van der Waals surface area (Å²) in [4.78, 5) is 2.29. The molecule has 0 aliphatic rings. The Bertz CT molecular complexity index is 1090. The maximum absolute atomic E-state index is 12.5. The van der Waals surface area contributed by atoms with Crippen LogP contribution < -0.4 is 14.3 Å². The topological polar surface area (TPSA) is 97.2 Å².